The highest BCUT2D eigenvalue weighted by molar-refractivity contribution is 5.60. The van der Waals surface area contributed by atoms with Gasteiger partial charge in [0, 0.05) is 12.6 Å². The Morgan fingerprint density at radius 2 is 2.06 bits per heavy atom. The molecule has 0 aliphatic heterocycles. The molecule has 0 amide bonds. The Bertz CT molecular complexity index is 382. The Labute approximate surface area is 89.1 Å². The molecule has 8 heteroatoms. The zero-order valence-corrected chi connectivity index (χ0v) is 8.34. The van der Waals surface area contributed by atoms with Crippen LogP contribution in [0.25, 0.3) is 0 Å². The summed E-state index contributed by atoms with van der Waals surface area (Å²) in [5, 5.41) is 0. The summed E-state index contributed by atoms with van der Waals surface area (Å²) in [6.45, 7) is -0.0507. The second-order valence-electron chi connectivity index (χ2n) is 2.79. The summed E-state index contributed by atoms with van der Waals surface area (Å²) < 4.78 is 44.5. The van der Waals surface area contributed by atoms with E-state index in [0.29, 0.717) is 0 Å². The van der Waals surface area contributed by atoms with Gasteiger partial charge in [0.25, 0.3) is 0 Å². The fraction of sp³-hybridized carbons (Fsp3) is 0.375. The molecule has 1 heterocycles. The molecule has 0 aliphatic rings. The van der Waals surface area contributed by atoms with Crippen molar-refractivity contribution in [3.05, 3.63) is 11.8 Å². The average Bonchev–Trinajstić information content (AvgIpc) is 2.19. The standard InChI is InChI=1S/C8H10F3N3O2/c1-15-7-6(13)5(16-8(9,10)11)2-4(3-12)14-7/h2H,3,12-13H2,1H3. The maximum atomic E-state index is 12.0. The summed E-state index contributed by atoms with van der Waals surface area (Å²) in [5.74, 6) is -0.720. The third-order valence-corrected chi connectivity index (χ3v) is 1.67. The fourth-order valence-corrected chi connectivity index (χ4v) is 1.03. The molecule has 4 N–H and O–H groups in total. The van der Waals surface area contributed by atoms with Gasteiger partial charge in [-0.1, -0.05) is 0 Å². The lowest BCUT2D eigenvalue weighted by molar-refractivity contribution is -0.274. The number of anilines is 1. The van der Waals surface area contributed by atoms with Crippen molar-refractivity contribution in [2.45, 2.75) is 12.9 Å². The molecule has 0 spiro atoms. The van der Waals surface area contributed by atoms with Crippen LogP contribution in [0.15, 0.2) is 6.07 Å². The molecule has 0 saturated carbocycles. The minimum atomic E-state index is -4.83. The van der Waals surface area contributed by atoms with E-state index in [1.165, 1.54) is 7.11 Å². The lowest BCUT2D eigenvalue weighted by Crippen LogP contribution is -2.19. The second-order valence-corrected chi connectivity index (χ2v) is 2.79. The van der Waals surface area contributed by atoms with Gasteiger partial charge < -0.3 is 20.9 Å². The largest absolute Gasteiger partial charge is 0.573 e. The number of nitrogen functional groups attached to an aromatic ring is 1. The number of hydrogen-bond acceptors (Lipinski definition) is 5. The maximum absolute atomic E-state index is 12.0. The Morgan fingerprint density at radius 1 is 1.44 bits per heavy atom. The summed E-state index contributed by atoms with van der Waals surface area (Å²) in [6, 6.07) is 1.02. The van der Waals surface area contributed by atoms with Gasteiger partial charge in [-0.3, -0.25) is 0 Å². The van der Waals surface area contributed by atoms with Crippen LogP contribution in [0.2, 0.25) is 0 Å². The minimum Gasteiger partial charge on any atom is -0.479 e. The molecule has 0 fully saturated rings. The van der Waals surface area contributed by atoms with Crippen molar-refractivity contribution in [1.29, 1.82) is 0 Å². The molecule has 0 bridgehead atoms. The van der Waals surface area contributed by atoms with E-state index in [-0.39, 0.29) is 23.8 Å². The summed E-state index contributed by atoms with van der Waals surface area (Å²) in [5.41, 5.74) is 10.5. The number of nitrogens with zero attached hydrogens (tertiary/aromatic N) is 1. The number of nitrogens with two attached hydrogens (primary N) is 2. The number of ether oxygens (including phenoxy) is 2. The van der Waals surface area contributed by atoms with Crippen LogP contribution in [0.1, 0.15) is 5.69 Å². The van der Waals surface area contributed by atoms with Crippen LogP contribution in [0.4, 0.5) is 18.9 Å². The average molecular weight is 237 g/mol. The van der Waals surface area contributed by atoms with Gasteiger partial charge in [0.05, 0.1) is 12.8 Å². The first-order valence-electron chi connectivity index (χ1n) is 4.16. The van der Waals surface area contributed by atoms with Crippen LogP contribution in [0, 0.1) is 0 Å². The van der Waals surface area contributed by atoms with E-state index in [4.69, 9.17) is 16.2 Å². The van der Waals surface area contributed by atoms with Gasteiger partial charge in [-0.15, -0.1) is 13.2 Å². The highest BCUT2D eigenvalue weighted by Crippen LogP contribution is 2.34. The first-order chi connectivity index (χ1) is 7.37. The highest BCUT2D eigenvalue weighted by atomic mass is 19.4. The summed E-state index contributed by atoms with van der Waals surface area (Å²) >= 11 is 0. The van der Waals surface area contributed by atoms with Crippen LogP contribution in [0.5, 0.6) is 11.6 Å². The number of aromatic nitrogens is 1. The van der Waals surface area contributed by atoms with E-state index in [1.807, 2.05) is 0 Å². The van der Waals surface area contributed by atoms with Crippen molar-refractivity contribution in [3.8, 4) is 11.6 Å². The first-order valence-corrected chi connectivity index (χ1v) is 4.16. The Morgan fingerprint density at radius 3 is 2.50 bits per heavy atom. The molecule has 1 aromatic heterocycles. The molecular formula is C8H10F3N3O2. The lowest BCUT2D eigenvalue weighted by Gasteiger charge is -2.13. The normalized spacial score (nSPS) is 11.3. The van der Waals surface area contributed by atoms with E-state index < -0.39 is 12.1 Å². The highest BCUT2D eigenvalue weighted by Gasteiger charge is 2.32. The maximum Gasteiger partial charge on any atom is 0.573 e. The molecule has 0 aliphatic carbocycles. The van der Waals surface area contributed by atoms with Crippen molar-refractivity contribution in [3.63, 3.8) is 0 Å². The van der Waals surface area contributed by atoms with E-state index in [0.717, 1.165) is 6.07 Å². The van der Waals surface area contributed by atoms with Crippen LogP contribution in [-0.4, -0.2) is 18.5 Å². The Kier molecular flexibility index (Phi) is 3.43. The fourth-order valence-electron chi connectivity index (χ4n) is 1.03. The monoisotopic (exact) mass is 237 g/mol. The SMILES string of the molecule is COc1nc(CN)cc(OC(F)(F)F)c1N. The number of halogens is 3. The van der Waals surface area contributed by atoms with Gasteiger partial charge in [-0.05, 0) is 0 Å². The molecule has 1 rings (SSSR count). The van der Waals surface area contributed by atoms with Gasteiger partial charge in [0.15, 0.2) is 5.75 Å². The van der Waals surface area contributed by atoms with E-state index >= 15 is 0 Å². The molecule has 5 nitrogen and oxygen atoms in total. The van der Waals surface area contributed by atoms with Crippen LogP contribution >= 0.6 is 0 Å². The third kappa shape index (κ3) is 2.89. The Hall–Kier alpha value is -1.70. The van der Waals surface area contributed by atoms with Crippen molar-refractivity contribution >= 4 is 5.69 Å². The number of alkyl halides is 3. The molecule has 0 aromatic carbocycles. The predicted octanol–water partition coefficient (Wildman–Crippen LogP) is 1.03. The van der Waals surface area contributed by atoms with Crippen molar-refractivity contribution in [2.24, 2.45) is 5.73 Å². The van der Waals surface area contributed by atoms with Crippen LogP contribution in [0.3, 0.4) is 0 Å². The number of rotatable bonds is 3. The molecule has 16 heavy (non-hydrogen) atoms. The molecular weight excluding hydrogens is 227 g/mol. The van der Waals surface area contributed by atoms with Gasteiger partial charge in [0.1, 0.15) is 5.69 Å². The van der Waals surface area contributed by atoms with E-state index in [1.54, 1.807) is 0 Å². The minimum absolute atomic E-state index is 0.0507. The smallest absolute Gasteiger partial charge is 0.479 e. The van der Waals surface area contributed by atoms with E-state index in [2.05, 4.69) is 9.72 Å². The zero-order chi connectivity index (χ0) is 12.3. The van der Waals surface area contributed by atoms with Gasteiger partial charge in [-0.2, -0.15) is 0 Å². The number of methoxy groups -OCH3 is 1. The van der Waals surface area contributed by atoms with E-state index in [9.17, 15) is 13.2 Å². The first kappa shape index (κ1) is 12.4. The van der Waals surface area contributed by atoms with Crippen LogP contribution in [-0.2, 0) is 6.54 Å². The zero-order valence-electron chi connectivity index (χ0n) is 8.34. The van der Waals surface area contributed by atoms with Crippen molar-refractivity contribution in [1.82, 2.24) is 4.98 Å². The molecule has 0 unspecified atom stereocenters. The topological polar surface area (TPSA) is 83.4 Å². The Balaban J connectivity index is 3.16. The summed E-state index contributed by atoms with van der Waals surface area (Å²) in [4.78, 5) is 3.78. The van der Waals surface area contributed by atoms with Crippen LogP contribution < -0.4 is 20.9 Å². The molecule has 0 saturated heterocycles. The number of pyridine rings is 1. The van der Waals surface area contributed by atoms with Crippen molar-refractivity contribution in [2.75, 3.05) is 12.8 Å². The second kappa shape index (κ2) is 4.44. The number of hydrogen-bond donors (Lipinski definition) is 2. The van der Waals surface area contributed by atoms with Crippen molar-refractivity contribution < 1.29 is 22.6 Å². The molecule has 0 atom stereocenters. The predicted molar refractivity (Wildman–Crippen MR) is 49.8 cm³/mol. The van der Waals surface area contributed by atoms with Gasteiger partial charge in [0.2, 0.25) is 5.88 Å². The summed E-state index contributed by atoms with van der Waals surface area (Å²) in [6.07, 6.45) is -4.83. The van der Waals surface area contributed by atoms with Gasteiger partial charge >= 0.3 is 6.36 Å². The lowest BCUT2D eigenvalue weighted by atomic mass is 10.3. The molecule has 0 radical (unpaired) electrons. The quantitative estimate of drug-likeness (QED) is 0.820. The molecule has 1 aromatic rings. The summed E-state index contributed by atoms with van der Waals surface area (Å²) in [7, 11) is 1.23. The molecule has 90 valence electrons. The third-order valence-electron chi connectivity index (χ3n) is 1.67. The van der Waals surface area contributed by atoms with Gasteiger partial charge in [-0.25, -0.2) is 4.98 Å².